The summed E-state index contributed by atoms with van der Waals surface area (Å²) in [7, 11) is 5.98. The molecule has 2 atom stereocenters. The van der Waals surface area contributed by atoms with Crippen molar-refractivity contribution in [3.05, 3.63) is 72.9 Å². The van der Waals surface area contributed by atoms with Gasteiger partial charge in [0.1, 0.15) is 13.2 Å². The molecule has 470 valence electrons. The summed E-state index contributed by atoms with van der Waals surface area (Å²) >= 11 is 0. The number of hydrogen-bond donors (Lipinski definition) is 1. The van der Waals surface area contributed by atoms with Crippen LogP contribution >= 0.6 is 0 Å². The summed E-state index contributed by atoms with van der Waals surface area (Å²) in [6.07, 6.45) is 80.2. The van der Waals surface area contributed by atoms with Crippen molar-refractivity contribution in [1.82, 2.24) is 0 Å². The van der Waals surface area contributed by atoms with Gasteiger partial charge in [0.15, 0.2) is 6.10 Å². The van der Waals surface area contributed by atoms with Crippen LogP contribution in [0.2, 0.25) is 0 Å². The standard InChI is InChI=1S/C72H129NO8/c1-6-8-10-12-14-16-18-20-22-24-25-26-27-28-29-30-31-32-33-34-35-36-37-38-39-40-41-42-43-44-45-47-49-51-53-55-57-59-61-63-70(75)81-68(67-80-72(71(76)77)78-65-64-73(3,4)5)66-79-69(74)62-60-58-56-54-52-50-48-46-23-21-19-17-15-13-11-9-7-2/h8,10,14,16,20-23,25-26,28-29,68,72H,6-7,9,11-13,15,17-19,24,27,30-67H2,1-5H3/p+1/b10-8-,16-14-,22-20-,23-21-,26-25-,29-28-. The number of ether oxygens (including phenoxy) is 4. The second-order valence-electron chi connectivity index (χ2n) is 24.1. The molecule has 0 aliphatic carbocycles. The summed E-state index contributed by atoms with van der Waals surface area (Å²) in [4.78, 5) is 37.5. The Balaban J connectivity index is 3.99. The Bertz CT molecular complexity index is 1560. The molecule has 9 nitrogen and oxygen atoms in total. The summed E-state index contributed by atoms with van der Waals surface area (Å²) in [6, 6.07) is 0. The molecule has 0 aliphatic heterocycles. The molecule has 1 N–H and O–H groups in total. The van der Waals surface area contributed by atoms with Crippen molar-refractivity contribution < 1.29 is 42.9 Å². The Hall–Kier alpha value is -3.27. The van der Waals surface area contributed by atoms with E-state index in [-0.39, 0.29) is 32.2 Å². The van der Waals surface area contributed by atoms with Crippen molar-refractivity contribution in [3.63, 3.8) is 0 Å². The van der Waals surface area contributed by atoms with Crippen LogP contribution in [0.25, 0.3) is 0 Å². The molecule has 0 saturated heterocycles. The van der Waals surface area contributed by atoms with Crippen LogP contribution in [0.1, 0.15) is 309 Å². The van der Waals surface area contributed by atoms with Gasteiger partial charge in [-0.2, -0.15) is 0 Å². The Morgan fingerprint density at radius 3 is 1.06 bits per heavy atom. The summed E-state index contributed by atoms with van der Waals surface area (Å²) in [5.41, 5.74) is 0. The lowest BCUT2D eigenvalue weighted by atomic mass is 10.0. The molecule has 0 saturated carbocycles. The predicted molar refractivity (Wildman–Crippen MR) is 346 cm³/mol. The van der Waals surface area contributed by atoms with Crippen molar-refractivity contribution in [2.75, 3.05) is 47.5 Å². The third-order valence-electron chi connectivity index (χ3n) is 14.9. The average Bonchev–Trinajstić information content (AvgIpc) is 3.44. The van der Waals surface area contributed by atoms with Gasteiger partial charge in [0.05, 0.1) is 34.4 Å². The third kappa shape index (κ3) is 64.1. The van der Waals surface area contributed by atoms with Gasteiger partial charge in [-0.25, -0.2) is 4.79 Å². The summed E-state index contributed by atoms with van der Waals surface area (Å²) in [5.74, 6) is -1.99. The largest absolute Gasteiger partial charge is 0.477 e. The number of esters is 2. The Morgan fingerprint density at radius 2 is 0.704 bits per heavy atom. The second-order valence-corrected chi connectivity index (χ2v) is 24.1. The van der Waals surface area contributed by atoms with Gasteiger partial charge in [-0.15, -0.1) is 0 Å². The van der Waals surface area contributed by atoms with Gasteiger partial charge < -0.3 is 28.5 Å². The van der Waals surface area contributed by atoms with Gasteiger partial charge in [-0.3, -0.25) is 9.59 Å². The van der Waals surface area contributed by atoms with E-state index in [0.29, 0.717) is 17.4 Å². The lowest BCUT2D eigenvalue weighted by Crippen LogP contribution is -2.40. The minimum Gasteiger partial charge on any atom is -0.477 e. The van der Waals surface area contributed by atoms with E-state index in [1.165, 1.54) is 212 Å². The van der Waals surface area contributed by atoms with E-state index in [1.807, 2.05) is 21.1 Å². The molecule has 0 spiro atoms. The highest BCUT2D eigenvalue weighted by Gasteiger charge is 2.25. The number of hydrogen-bond acceptors (Lipinski definition) is 7. The fraction of sp³-hybridized carbons (Fsp3) is 0.792. The number of carboxylic acid groups (broad SMARTS) is 1. The number of rotatable bonds is 63. The van der Waals surface area contributed by atoms with Crippen molar-refractivity contribution in [2.24, 2.45) is 0 Å². The van der Waals surface area contributed by atoms with Crippen LogP contribution in [0.3, 0.4) is 0 Å². The molecular formula is C72H130NO8+. The topological polar surface area (TPSA) is 108 Å². The Morgan fingerprint density at radius 1 is 0.383 bits per heavy atom. The fourth-order valence-corrected chi connectivity index (χ4v) is 9.74. The molecule has 81 heavy (non-hydrogen) atoms. The van der Waals surface area contributed by atoms with Crippen LogP contribution in [0.5, 0.6) is 0 Å². The lowest BCUT2D eigenvalue weighted by Gasteiger charge is -2.25. The van der Waals surface area contributed by atoms with Gasteiger partial charge >= 0.3 is 17.9 Å². The van der Waals surface area contributed by atoms with E-state index in [0.717, 1.165) is 70.6 Å². The SMILES string of the molecule is CC/C=C\C/C=C\C/C=C\C/C=C\C/C=C\CCCCCCCCCCCCCCCCCCCCCCCCCC(=O)OC(COC(=O)CCCCCCCCC/C=C\CCCCCCCC)COC(OCC[N+](C)(C)C)C(=O)O. The number of unbranched alkanes of at least 4 members (excludes halogenated alkanes) is 36. The van der Waals surface area contributed by atoms with E-state index >= 15 is 0 Å². The number of likely N-dealkylation sites (N-methyl/N-ethyl adjacent to an activating group) is 1. The number of aliphatic carboxylic acids is 1. The quantitative estimate of drug-likeness (QED) is 0.0211. The normalized spacial score (nSPS) is 13.1. The molecule has 0 fully saturated rings. The van der Waals surface area contributed by atoms with E-state index in [4.69, 9.17) is 18.9 Å². The van der Waals surface area contributed by atoms with Crippen molar-refractivity contribution in [1.29, 1.82) is 0 Å². The highest BCUT2D eigenvalue weighted by atomic mass is 16.7. The smallest absolute Gasteiger partial charge is 0.361 e. The Labute approximate surface area is 500 Å². The minimum absolute atomic E-state index is 0.182. The predicted octanol–water partition coefficient (Wildman–Crippen LogP) is 20.9. The maximum Gasteiger partial charge on any atom is 0.361 e. The van der Waals surface area contributed by atoms with Crippen LogP contribution in [0.4, 0.5) is 0 Å². The van der Waals surface area contributed by atoms with Crippen LogP contribution < -0.4 is 0 Å². The molecular weight excluding hydrogens is 1010 g/mol. The van der Waals surface area contributed by atoms with Crippen LogP contribution in [-0.4, -0.2) is 87.4 Å². The zero-order valence-corrected chi connectivity index (χ0v) is 53.7. The first-order chi connectivity index (χ1) is 39.6. The van der Waals surface area contributed by atoms with Gasteiger partial charge in [-0.1, -0.05) is 286 Å². The highest BCUT2D eigenvalue weighted by molar-refractivity contribution is 5.71. The molecule has 0 aromatic rings. The highest BCUT2D eigenvalue weighted by Crippen LogP contribution is 2.18. The molecule has 2 unspecified atom stereocenters. The third-order valence-corrected chi connectivity index (χ3v) is 14.9. The van der Waals surface area contributed by atoms with Crippen molar-refractivity contribution >= 4 is 17.9 Å². The first-order valence-electron chi connectivity index (χ1n) is 34.1. The fourth-order valence-electron chi connectivity index (χ4n) is 9.74. The number of carbonyl (C=O) groups is 3. The molecule has 0 radical (unpaired) electrons. The van der Waals surface area contributed by atoms with Crippen LogP contribution in [0, 0.1) is 0 Å². The summed E-state index contributed by atoms with van der Waals surface area (Å²) < 4.78 is 22.9. The molecule has 0 aromatic heterocycles. The lowest BCUT2D eigenvalue weighted by molar-refractivity contribution is -0.870. The zero-order chi connectivity index (χ0) is 59.1. The summed E-state index contributed by atoms with van der Waals surface area (Å²) in [5, 5.41) is 9.72. The maximum atomic E-state index is 12.9. The van der Waals surface area contributed by atoms with E-state index < -0.39 is 24.3 Å². The molecule has 0 aromatic carbocycles. The number of quaternary nitrogens is 1. The van der Waals surface area contributed by atoms with E-state index in [2.05, 4.69) is 86.8 Å². The van der Waals surface area contributed by atoms with Crippen LogP contribution in [-0.2, 0) is 33.3 Å². The minimum atomic E-state index is -1.51. The number of allylic oxidation sites excluding steroid dienone is 12. The molecule has 9 heteroatoms. The molecule has 0 rings (SSSR count). The zero-order valence-electron chi connectivity index (χ0n) is 53.7. The maximum absolute atomic E-state index is 12.9. The van der Waals surface area contributed by atoms with Gasteiger partial charge in [0.25, 0.3) is 6.29 Å². The molecule has 0 bridgehead atoms. The molecule has 0 amide bonds. The summed E-state index contributed by atoms with van der Waals surface area (Å²) in [6.45, 7) is 4.79. The molecule has 0 aliphatic rings. The van der Waals surface area contributed by atoms with Crippen LogP contribution in [0.15, 0.2) is 72.9 Å². The second kappa shape index (κ2) is 62.8. The van der Waals surface area contributed by atoms with Gasteiger partial charge in [0, 0.05) is 12.8 Å². The van der Waals surface area contributed by atoms with Gasteiger partial charge in [0.2, 0.25) is 0 Å². The van der Waals surface area contributed by atoms with E-state index in [1.54, 1.807) is 0 Å². The first-order valence-corrected chi connectivity index (χ1v) is 34.1. The Kier molecular flexibility index (Phi) is 60.2. The van der Waals surface area contributed by atoms with Gasteiger partial charge in [-0.05, 0) is 83.5 Å². The number of carbonyl (C=O) groups excluding carboxylic acids is 2. The number of nitrogens with zero attached hydrogens (tertiary/aromatic N) is 1. The van der Waals surface area contributed by atoms with Crippen molar-refractivity contribution in [2.45, 2.75) is 322 Å². The van der Waals surface area contributed by atoms with Crippen molar-refractivity contribution in [3.8, 4) is 0 Å². The molecule has 0 heterocycles. The monoisotopic (exact) mass is 1140 g/mol. The first kappa shape index (κ1) is 77.7. The number of carboxylic acids is 1. The average molecular weight is 1140 g/mol. The van der Waals surface area contributed by atoms with E-state index in [9.17, 15) is 19.5 Å².